The Morgan fingerprint density at radius 3 is 2.50 bits per heavy atom. The van der Waals surface area contributed by atoms with Gasteiger partial charge in [0, 0.05) is 6.08 Å². The topological polar surface area (TPSA) is 43.4 Å². The second-order valence-electron chi connectivity index (χ2n) is 1.22. The third-order valence-corrected chi connectivity index (χ3v) is 0.682. The summed E-state index contributed by atoms with van der Waals surface area (Å²) in [6.07, 6.45) is 2.44. The lowest BCUT2D eigenvalue weighted by Crippen LogP contribution is -1.89. The van der Waals surface area contributed by atoms with E-state index in [1.54, 1.807) is 0 Å². The number of ether oxygens (including phenoxy) is 1. The molecule has 0 saturated carbocycles. The Labute approximate surface area is 45.3 Å². The van der Waals surface area contributed by atoms with Gasteiger partial charge in [-0.05, 0) is 6.08 Å². The molecule has 0 atom stereocenters. The van der Waals surface area contributed by atoms with Gasteiger partial charge < -0.3 is 4.74 Å². The third kappa shape index (κ3) is 0.669. The van der Waals surface area contributed by atoms with Crippen molar-refractivity contribution in [1.29, 1.82) is 0 Å². The van der Waals surface area contributed by atoms with E-state index in [0.717, 1.165) is 0 Å². The van der Waals surface area contributed by atoms with Crippen LogP contribution in [0, 0.1) is 0 Å². The van der Waals surface area contributed by atoms with Gasteiger partial charge in [-0.3, -0.25) is 0 Å². The van der Waals surface area contributed by atoms with Crippen LogP contribution in [-0.2, 0) is 14.3 Å². The molecule has 1 aliphatic heterocycles. The maximum atomic E-state index is 10.1. The summed E-state index contributed by atoms with van der Waals surface area (Å²) in [6, 6.07) is 0. The lowest BCUT2D eigenvalue weighted by atomic mass is 10.5. The number of cyclic esters (lactones) is 1. The van der Waals surface area contributed by atoms with Crippen LogP contribution in [0.2, 0.25) is 0 Å². The van der Waals surface area contributed by atoms with Crippen LogP contribution in [0.25, 0.3) is 0 Å². The first-order valence-electron chi connectivity index (χ1n) is 1.98. The molecule has 1 aliphatic rings. The Bertz CT molecular complexity index is 196. The van der Waals surface area contributed by atoms with Crippen molar-refractivity contribution < 1.29 is 14.3 Å². The van der Waals surface area contributed by atoms with Gasteiger partial charge in [-0.15, -0.1) is 0 Å². The van der Waals surface area contributed by atoms with Crippen LogP contribution in [0.4, 0.5) is 0 Å². The smallest absolute Gasteiger partial charge is 0.337 e. The highest BCUT2D eigenvalue weighted by Gasteiger charge is 2.08. The van der Waals surface area contributed by atoms with E-state index >= 15 is 0 Å². The Balaban J connectivity index is 2.88. The number of carbonyl (C=O) groups is 1. The fourth-order valence-electron chi connectivity index (χ4n) is 0.375. The Morgan fingerprint density at radius 2 is 2.25 bits per heavy atom. The van der Waals surface area contributed by atoms with Gasteiger partial charge in [-0.1, -0.05) is 0 Å². The zero-order chi connectivity index (χ0) is 5.98. The van der Waals surface area contributed by atoms with Crippen LogP contribution in [-0.4, -0.2) is 11.9 Å². The first kappa shape index (κ1) is 4.81. The molecule has 0 radical (unpaired) electrons. The van der Waals surface area contributed by atoms with E-state index in [-0.39, 0.29) is 5.76 Å². The molecule has 0 aliphatic carbocycles. The molecule has 1 rings (SSSR count). The van der Waals surface area contributed by atoms with Crippen molar-refractivity contribution in [3.63, 3.8) is 0 Å². The highest BCUT2D eigenvalue weighted by Crippen LogP contribution is 2.03. The first-order chi connectivity index (χ1) is 3.83. The maximum Gasteiger partial charge on any atom is 0.337 e. The summed E-state index contributed by atoms with van der Waals surface area (Å²) < 4.78 is 4.25. The van der Waals surface area contributed by atoms with E-state index in [1.807, 2.05) is 0 Å². The van der Waals surface area contributed by atoms with Crippen LogP contribution < -0.4 is 0 Å². The average molecular weight is 110 g/mol. The van der Waals surface area contributed by atoms with Gasteiger partial charge in [0.2, 0.25) is 5.76 Å². The summed E-state index contributed by atoms with van der Waals surface area (Å²) in [6.45, 7) is 0. The van der Waals surface area contributed by atoms with E-state index in [0.29, 0.717) is 0 Å². The minimum atomic E-state index is -0.511. The summed E-state index contributed by atoms with van der Waals surface area (Å²) >= 11 is 0. The van der Waals surface area contributed by atoms with Gasteiger partial charge in [0.15, 0.2) is 5.94 Å². The van der Waals surface area contributed by atoms with Crippen LogP contribution in [0.1, 0.15) is 0 Å². The SMILES string of the molecule is O=C=C1C=CC(=O)O1. The second kappa shape index (κ2) is 1.64. The van der Waals surface area contributed by atoms with Crippen molar-refractivity contribution in [2.75, 3.05) is 0 Å². The lowest BCUT2D eigenvalue weighted by Gasteiger charge is -1.83. The normalized spacial score (nSPS) is 16.0. The van der Waals surface area contributed by atoms with Crippen LogP contribution >= 0.6 is 0 Å². The molecular formula is C5H2O3. The molecule has 0 spiro atoms. The maximum absolute atomic E-state index is 10.1. The summed E-state index contributed by atoms with van der Waals surface area (Å²) in [7, 11) is 0. The highest BCUT2D eigenvalue weighted by atomic mass is 16.5. The van der Waals surface area contributed by atoms with Crippen molar-refractivity contribution in [3.05, 3.63) is 17.9 Å². The Hall–Kier alpha value is -1.34. The largest absolute Gasteiger partial charge is 0.411 e. The zero-order valence-electron chi connectivity index (χ0n) is 3.88. The van der Waals surface area contributed by atoms with E-state index in [1.165, 1.54) is 18.1 Å². The number of allylic oxidation sites excluding steroid dienone is 1. The van der Waals surface area contributed by atoms with Gasteiger partial charge in [0.05, 0.1) is 0 Å². The van der Waals surface area contributed by atoms with Gasteiger partial charge in [-0.25, -0.2) is 9.59 Å². The fourth-order valence-corrected chi connectivity index (χ4v) is 0.375. The first-order valence-corrected chi connectivity index (χ1v) is 1.98. The molecule has 0 N–H and O–H groups in total. The molecule has 8 heavy (non-hydrogen) atoms. The average Bonchev–Trinajstić information content (AvgIpc) is 2.14. The van der Waals surface area contributed by atoms with Crippen molar-refractivity contribution in [1.82, 2.24) is 0 Å². The molecule has 3 nitrogen and oxygen atoms in total. The molecule has 0 aromatic rings. The number of rotatable bonds is 0. The number of hydrogen-bond acceptors (Lipinski definition) is 3. The summed E-state index contributed by atoms with van der Waals surface area (Å²) in [4.78, 5) is 19.8. The number of esters is 1. The van der Waals surface area contributed by atoms with Crippen molar-refractivity contribution in [2.45, 2.75) is 0 Å². The van der Waals surface area contributed by atoms with E-state index in [4.69, 9.17) is 0 Å². The standard InChI is InChI=1S/C5H2O3/c6-3-4-1-2-5(7)8-4/h1-2H. The quantitative estimate of drug-likeness (QED) is 0.321. The van der Waals surface area contributed by atoms with Crippen LogP contribution in [0.5, 0.6) is 0 Å². The van der Waals surface area contributed by atoms with Crippen LogP contribution in [0.15, 0.2) is 17.9 Å². The third-order valence-electron chi connectivity index (χ3n) is 0.682. The second-order valence-corrected chi connectivity index (χ2v) is 1.22. The van der Waals surface area contributed by atoms with Gasteiger partial charge in [0.1, 0.15) is 0 Å². The van der Waals surface area contributed by atoms with Crippen LogP contribution in [0.3, 0.4) is 0 Å². The van der Waals surface area contributed by atoms with Crippen molar-refractivity contribution in [3.8, 4) is 0 Å². The summed E-state index contributed by atoms with van der Waals surface area (Å²) in [5.41, 5.74) is 0. The molecule has 40 valence electrons. The molecular weight excluding hydrogens is 108 g/mol. The number of carbonyl (C=O) groups excluding carboxylic acids is 2. The minimum absolute atomic E-state index is 0.0463. The molecule has 0 bridgehead atoms. The lowest BCUT2D eigenvalue weighted by molar-refractivity contribution is -0.132. The molecule has 0 amide bonds. The molecule has 0 aromatic carbocycles. The van der Waals surface area contributed by atoms with E-state index in [9.17, 15) is 9.59 Å². The molecule has 0 aromatic heterocycles. The zero-order valence-corrected chi connectivity index (χ0v) is 3.88. The molecule has 0 fully saturated rings. The Morgan fingerprint density at radius 1 is 1.50 bits per heavy atom. The highest BCUT2D eigenvalue weighted by molar-refractivity contribution is 5.88. The molecule has 0 unspecified atom stereocenters. The number of hydrogen-bond donors (Lipinski definition) is 0. The van der Waals surface area contributed by atoms with Gasteiger partial charge in [-0.2, -0.15) is 0 Å². The molecule has 3 heteroatoms. The van der Waals surface area contributed by atoms with Crippen molar-refractivity contribution >= 4 is 11.9 Å². The van der Waals surface area contributed by atoms with E-state index < -0.39 is 5.97 Å². The fraction of sp³-hybridized carbons (Fsp3) is 0. The minimum Gasteiger partial charge on any atom is -0.411 e. The molecule has 0 saturated heterocycles. The van der Waals surface area contributed by atoms with E-state index in [2.05, 4.69) is 4.74 Å². The van der Waals surface area contributed by atoms with Gasteiger partial charge in [0.25, 0.3) is 0 Å². The summed E-state index contributed by atoms with van der Waals surface area (Å²) in [5.74, 6) is 0.874. The monoisotopic (exact) mass is 110 g/mol. The predicted octanol–water partition coefficient (Wildman–Crippen LogP) is -0.185. The Kier molecular flexibility index (Phi) is 0.985. The predicted molar refractivity (Wildman–Crippen MR) is 24.4 cm³/mol. The summed E-state index contributed by atoms with van der Waals surface area (Å²) in [5, 5.41) is 0. The van der Waals surface area contributed by atoms with Crippen molar-refractivity contribution in [2.24, 2.45) is 0 Å². The van der Waals surface area contributed by atoms with Gasteiger partial charge >= 0.3 is 5.97 Å². The molecule has 1 heterocycles.